The molecule has 0 radical (unpaired) electrons. The van der Waals surface area contributed by atoms with Crippen molar-refractivity contribution in [2.45, 2.75) is 51.5 Å². The highest BCUT2D eigenvalue weighted by atomic mass is 16.2. The number of carbonyl (C=O) groups excluding carboxylic acids is 1. The fourth-order valence-corrected chi connectivity index (χ4v) is 3.69. The number of carbonyl (C=O) groups is 1. The van der Waals surface area contributed by atoms with E-state index in [0.717, 1.165) is 43.9 Å². The Balaban J connectivity index is 1.78. The molecule has 24 heavy (non-hydrogen) atoms. The van der Waals surface area contributed by atoms with E-state index in [1.165, 1.54) is 0 Å². The van der Waals surface area contributed by atoms with Crippen molar-refractivity contribution in [2.24, 2.45) is 0 Å². The number of aryl methyl sites for hydroxylation is 1. The van der Waals surface area contributed by atoms with Crippen LogP contribution in [0.15, 0.2) is 42.7 Å². The van der Waals surface area contributed by atoms with Crippen LogP contribution in [0.2, 0.25) is 0 Å². The molecule has 4 nitrogen and oxygen atoms in total. The SMILES string of the molecule is CCn1ccnc1[C@@H]1CCCN(C(=O)C(C)(C)c2ccccc2)C1. The van der Waals surface area contributed by atoms with Crippen LogP contribution >= 0.6 is 0 Å². The Morgan fingerprint density at radius 3 is 2.75 bits per heavy atom. The zero-order valence-electron chi connectivity index (χ0n) is 14.9. The van der Waals surface area contributed by atoms with Crippen molar-refractivity contribution >= 4 is 5.91 Å². The fraction of sp³-hybridized carbons (Fsp3) is 0.500. The van der Waals surface area contributed by atoms with Crippen molar-refractivity contribution in [1.82, 2.24) is 14.5 Å². The van der Waals surface area contributed by atoms with Gasteiger partial charge in [-0.15, -0.1) is 0 Å². The van der Waals surface area contributed by atoms with Crippen LogP contribution < -0.4 is 0 Å². The quantitative estimate of drug-likeness (QED) is 0.861. The number of aromatic nitrogens is 2. The number of benzene rings is 1. The average Bonchev–Trinajstić information content (AvgIpc) is 3.10. The lowest BCUT2D eigenvalue weighted by Gasteiger charge is -2.37. The molecule has 2 heterocycles. The third kappa shape index (κ3) is 3.10. The second-order valence-electron chi connectivity index (χ2n) is 7.15. The molecule has 1 aromatic carbocycles. The smallest absolute Gasteiger partial charge is 0.232 e. The summed E-state index contributed by atoms with van der Waals surface area (Å²) in [5, 5.41) is 0. The second-order valence-corrected chi connectivity index (χ2v) is 7.15. The minimum absolute atomic E-state index is 0.216. The lowest BCUT2D eigenvalue weighted by Crippen LogP contribution is -2.47. The van der Waals surface area contributed by atoms with Crippen molar-refractivity contribution in [3.8, 4) is 0 Å². The van der Waals surface area contributed by atoms with E-state index < -0.39 is 5.41 Å². The highest BCUT2D eigenvalue weighted by molar-refractivity contribution is 5.87. The molecule has 1 aromatic heterocycles. The molecule has 0 spiro atoms. The van der Waals surface area contributed by atoms with Crippen molar-refractivity contribution < 1.29 is 4.79 Å². The van der Waals surface area contributed by atoms with E-state index in [1.54, 1.807) is 0 Å². The van der Waals surface area contributed by atoms with Crippen LogP contribution in [0.3, 0.4) is 0 Å². The van der Waals surface area contributed by atoms with Gasteiger partial charge in [-0.05, 0) is 39.2 Å². The number of nitrogens with zero attached hydrogens (tertiary/aromatic N) is 3. The van der Waals surface area contributed by atoms with E-state index in [1.807, 2.05) is 61.5 Å². The molecule has 1 amide bonds. The van der Waals surface area contributed by atoms with Crippen LogP contribution in [0.4, 0.5) is 0 Å². The molecular formula is C20H27N3O. The van der Waals surface area contributed by atoms with Crippen LogP contribution in [0.5, 0.6) is 0 Å². The molecule has 4 heteroatoms. The van der Waals surface area contributed by atoms with Crippen LogP contribution in [-0.4, -0.2) is 33.4 Å². The first kappa shape index (κ1) is 16.7. The zero-order chi connectivity index (χ0) is 17.2. The van der Waals surface area contributed by atoms with Gasteiger partial charge in [0.15, 0.2) is 0 Å². The summed E-state index contributed by atoms with van der Waals surface area (Å²) < 4.78 is 2.20. The molecule has 2 aromatic rings. The summed E-state index contributed by atoms with van der Waals surface area (Å²) in [6, 6.07) is 10.1. The summed E-state index contributed by atoms with van der Waals surface area (Å²) in [7, 11) is 0. The van der Waals surface area contributed by atoms with Gasteiger partial charge in [0.2, 0.25) is 5.91 Å². The van der Waals surface area contributed by atoms with Crippen molar-refractivity contribution in [1.29, 1.82) is 0 Å². The van der Waals surface area contributed by atoms with Gasteiger partial charge in [-0.25, -0.2) is 4.98 Å². The van der Waals surface area contributed by atoms with Gasteiger partial charge >= 0.3 is 0 Å². The highest BCUT2D eigenvalue weighted by Gasteiger charge is 2.36. The van der Waals surface area contributed by atoms with Crippen LogP contribution in [0.1, 0.15) is 50.9 Å². The summed E-state index contributed by atoms with van der Waals surface area (Å²) in [4.78, 5) is 19.8. The van der Waals surface area contributed by atoms with Crippen molar-refractivity contribution in [2.75, 3.05) is 13.1 Å². The third-order valence-electron chi connectivity index (χ3n) is 5.19. The molecule has 128 valence electrons. The molecule has 3 rings (SSSR count). The van der Waals surface area contributed by atoms with E-state index >= 15 is 0 Å². The number of piperidine rings is 1. The maximum absolute atomic E-state index is 13.2. The summed E-state index contributed by atoms with van der Waals surface area (Å²) in [6.45, 7) is 8.73. The van der Waals surface area contributed by atoms with Gasteiger partial charge in [0.05, 0.1) is 5.41 Å². The number of hydrogen-bond donors (Lipinski definition) is 0. The van der Waals surface area contributed by atoms with Crippen LogP contribution in [-0.2, 0) is 16.8 Å². The molecule has 0 N–H and O–H groups in total. The third-order valence-corrected chi connectivity index (χ3v) is 5.19. The van der Waals surface area contributed by atoms with E-state index in [-0.39, 0.29) is 5.91 Å². The number of rotatable bonds is 4. The minimum atomic E-state index is -0.497. The van der Waals surface area contributed by atoms with Gasteiger partial charge in [0.1, 0.15) is 5.82 Å². The topological polar surface area (TPSA) is 38.1 Å². The van der Waals surface area contributed by atoms with Gasteiger partial charge in [-0.1, -0.05) is 30.3 Å². The average molecular weight is 325 g/mol. The minimum Gasteiger partial charge on any atom is -0.341 e. The van der Waals surface area contributed by atoms with Gasteiger partial charge in [-0.3, -0.25) is 4.79 Å². The first-order valence-corrected chi connectivity index (χ1v) is 8.90. The molecule has 0 aliphatic carbocycles. The van der Waals surface area contributed by atoms with Gasteiger partial charge in [-0.2, -0.15) is 0 Å². The standard InChI is InChI=1S/C20H27N3O/c1-4-22-14-12-21-18(22)16-9-8-13-23(15-16)19(24)20(2,3)17-10-6-5-7-11-17/h5-7,10-12,14,16H,4,8-9,13,15H2,1-3H3/t16-/m1/s1. The highest BCUT2D eigenvalue weighted by Crippen LogP contribution is 2.31. The van der Waals surface area contributed by atoms with E-state index in [0.29, 0.717) is 5.92 Å². The maximum atomic E-state index is 13.2. The Labute approximate surface area is 144 Å². The van der Waals surface area contributed by atoms with E-state index in [4.69, 9.17) is 0 Å². The molecule has 1 aliphatic rings. The Morgan fingerprint density at radius 2 is 2.04 bits per heavy atom. The van der Waals surface area contributed by atoms with E-state index in [9.17, 15) is 4.79 Å². The summed E-state index contributed by atoms with van der Waals surface area (Å²) in [5.41, 5.74) is 0.579. The monoisotopic (exact) mass is 325 g/mol. The zero-order valence-corrected chi connectivity index (χ0v) is 14.9. The van der Waals surface area contributed by atoms with Crippen molar-refractivity contribution in [3.63, 3.8) is 0 Å². The molecular weight excluding hydrogens is 298 g/mol. The van der Waals surface area contributed by atoms with E-state index in [2.05, 4.69) is 16.5 Å². The Hall–Kier alpha value is -2.10. The summed E-state index contributed by atoms with van der Waals surface area (Å²) in [5.74, 6) is 1.67. The Morgan fingerprint density at radius 1 is 1.29 bits per heavy atom. The largest absolute Gasteiger partial charge is 0.341 e. The fourth-order valence-electron chi connectivity index (χ4n) is 3.69. The normalized spacial score (nSPS) is 18.6. The van der Waals surface area contributed by atoms with Gasteiger partial charge < -0.3 is 9.47 Å². The number of hydrogen-bond acceptors (Lipinski definition) is 2. The molecule has 1 aliphatic heterocycles. The van der Waals surface area contributed by atoms with Crippen molar-refractivity contribution in [3.05, 3.63) is 54.1 Å². The second kappa shape index (κ2) is 6.80. The molecule has 0 saturated carbocycles. The van der Waals surface area contributed by atoms with Crippen LogP contribution in [0, 0.1) is 0 Å². The maximum Gasteiger partial charge on any atom is 0.232 e. The first-order valence-electron chi connectivity index (χ1n) is 8.90. The molecule has 1 atom stereocenters. The van der Waals surface area contributed by atoms with Crippen LogP contribution in [0.25, 0.3) is 0 Å². The Bertz CT molecular complexity index is 690. The van der Waals surface area contributed by atoms with Gasteiger partial charge in [0, 0.05) is 37.9 Å². The Kier molecular flexibility index (Phi) is 4.74. The number of likely N-dealkylation sites (tertiary alicyclic amines) is 1. The molecule has 0 unspecified atom stereocenters. The predicted molar refractivity (Wildman–Crippen MR) is 95.9 cm³/mol. The number of imidazole rings is 1. The summed E-state index contributed by atoms with van der Waals surface area (Å²) in [6.07, 6.45) is 6.04. The molecule has 1 saturated heterocycles. The van der Waals surface area contributed by atoms with Gasteiger partial charge in [0.25, 0.3) is 0 Å². The molecule has 1 fully saturated rings. The predicted octanol–water partition coefficient (Wildman–Crippen LogP) is 3.59. The number of amides is 1. The first-order chi connectivity index (χ1) is 11.5. The summed E-state index contributed by atoms with van der Waals surface area (Å²) >= 11 is 0. The molecule has 0 bridgehead atoms. The lowest BCUT2D eigenvalue weighted by atomic mass is 9.82. The lowest BCUT2D eigenvalue weighted by molar-refractivity contribution is -0.137.